The van der Waals surface area contributed by atoms with Crippen molar-refractivity contribution in [1.82, 2.24) is 19.8 Å². The molecular weight excluding hydrogens is 1280 g/mol. The molecule has 8 aliphatic rings. The monoisotopic (exact) mass is 1370 g/mol. The number of aryl methyl sites for hydroxylation is 6. The molecule has 0 saturated carbocycles. The van der Waals surface area contributed by atoms with E-state index in [0.717, 1.165) is 212 Å². The molecule has 4 saturated heterocycles. The van der Waals surface area contributed by atoms with Gasteiger partial charge in [-0.1, -0.05) is 27.7 Å². The van der Waals surface area contributed by atoms with Crippen molar-refractivity contribution in [3.05, 3.63) is 155 Å². The van der Waals surface area contributed by atoms with Crippen LogP contribution in [0.2, 0.25) is 0 Å². The molecule has 0 radical (unpaired) electrons. The van der Waals surface area contributed by atoms with Crippen molar-refractivity contribution in [1.29, 1.82) is 0 Å². The summed E-state index contributed by atoms with van der Waals surface area (Å²) < 4.78 is 46.1. The number of hydrogen-bond acceptors (Lipinski definition) is 22. The summed E-state index contributed by atoms with van der Waals surface area (Å²) in [4.78, 5) is 54.2. The third kappa shape index (κ3) is 14.1. The van der Waals surface area contributed by atoms with Crippen molar-refractivity contribution in [2.24, 2.45) is 21.0 Å². The molecule has 0 bridgehead atoms. The molecule has 4 aromatic heterocycles. The van der Waals surface area contributed by atoms with E-state index in [9.17, 15) is 39.6 Å². The Morgan fingerprint density at radius 1 is 0.390 bits per heavy atom. The van der Waals surface area contributed by atoms with Gasteiger partial charge in [0.25, 0.3) is 0 Å². The minimum absolute atomic E-state index is 0.0678. The molecule has 4 aromatic carbocycles. The number of ether oxygens (including phenoxy) is 4. The summed E-state index contributed by atoms with van der Waals surface area (Å²) >= 11 is 0. The number of rotatable bonds is 6. The fraction of sp³-hybridized carbons (Fsp3) is 0.513. The first-order valence-electron chi connectivity index (χ1n) is 35.5. The molecule has 2 aliphatic carbocycles. The van der Waals surface area contributed by atoms with Crippen LogP contribution in [0.5, 0.6) is 23.0 Å². The van der Waals surface area contributed by atoms with Crippen LogP contribution in [0, 0.1) is 38.5 Å². The van der Waals surface area contributed by atoms with E-state index in [-0.39, 0.29) is 56.3 Å². The highest BCUT2D eigenvalue weighted by atomic mass is 16.7. The Morgan fingerprint density at radius 3 is 1.03 bits per heavy atom. The van der Waals surface area contributed by atoms with Gasteiger partial charge in [0.05, 0.1) is 72.2 Å². The molecule has 0 spiro atoms. The lowest BCUT2D eigenvalue weighted by Gasteiger charge is -2.35. The van der Waals surface area contributed by atoms with Gasteiger partial charge in [0.2, 0.25) is 0 Å². The Morgan fingerprint density at radius 2 is 0.680 bits per heavy atom. The predicted molar refractivity (Wildman–Crippen MR) is 383 cm³/mol. The summed E-state index contributed by atoms with van der Waals surface area (Å²) in [6.07, 6.45) is 15.4. The van der Waals surface area contributed by atoms with Gasteiger partial charge in [-0.25, -0.2) is 19.2 Å². The van der Waals surface area contributed by atoms with E-state index < -0.39 is 12.6 Å². The van der Waals surface area contributed by atoms with Gasteiger partial charge in [-0.2, -0.15) is 10.2 Å². The summed E-state index contributed by atoms with van der Waals surface area (Å²) in [5.74, 6) is 0.421. The SMILES string of the molecule is Cc1cc2c3c(c(=O)oc2c(/C=N/N2CCCC2)c1O)CCCC3.Cc1cc2c3c(c(=O)oc2c(/C=N/N2CCCC2)c1O)CN(C)CC3.Cc1cc2c3c(c(=O)oc2c(C2OCC(C)(C)CO2)c1O)CCCC3.Cc1cc2c3c(c(=O)oc2c(C2OCC(C)(C)CO2)c1O)CN(C)CC3. The van der Waals surface area contributed by atoms with Crippen molar-refractivity contribution >= 4 is 56.3 Å². The molecule has 22 heteroatoms. The Labute approximate surface area is 580 Å². The molecule has 4 N–H and O–H groups in total. The molecular formula is C78H94N6O16. The maximum atomic E-state index is 12.6. The number of hydrogen-bond donors (Lipinski definition) is 4. The number of hydrazone groups is 2. The third-order valence-corrected chi connectivity index (χ3v) is 20.8. The number of benzene rings is 4. The second-order valence-electron chi connectivity index (χ2n) is 30.2. The van der Waals surface area contributed by atoms with Gasteiger partial charge in [-0.3, -0.25) is 10.0 Å². The maximum absolute atomic E-state index is 12.6. The fourth-order valence-electron chi connectivity index (χ4n) is 15.1. The molecule has 0 atom stereocenters. The van der Waals surface area contributed by atoms with Crippen LogP contribution < -0.4 is 22.5 Å². The average Bonchev–Trinajstić information content (AvgIpc) is 0.861. The van der Waals surface area contributed by atoms with Crippen LogP contribution in [0.15, 0.2) is 71.3 Å². The zero-order valence-corrected chi connectivity index (χ0v) is 59.4. The molecule has 8 aromatic rings. The van der Waals surface area contributed by atoms with Crippen molar-refractivity contribution in [2.75, 3.05) is 79.8 Å². The number of phenols is 4. The molecule has 16 rings (SSSR count). The first-order chi connectivity index (χ1) is 47.8. The van der Waals surface area contributed by atoms with E-state index in [0.29, 0.717) is 89.7 Å². The zero-order valence-electron chi connectivity index (χ0n) is 59.4. The number of aromatic hydroxyl groups is 4. The van der Waals surface area contributed by atoms with Crippen molar-refractivity contribution < 1.29 is 57.0 Å². The summed E-state index contributed by atoms with van der Waals surface area (Å²) in [7, 11) is 3.99. The van der Waals surface area contributed by atoms with Crippen LogP contribution in [-0.4, -0.2) is 132 Å². The minimum atomic E-state index is -0.738. The third-order valence-electron chi connectivity index (χ3n) is 20.8. The topological polar surface area (TPSA) is 276 Å². The van der Waals surface area contributed by atoms with Gasteiger partial charge in [0.1, 0.15) is 23.0 Å². The van der Waals surface area contributed by atoms with E-state index in [1.807, 2.05) is 76.1 Å². The standard InChI is InChI=1S/C20H25NO5.C20H24O5.C19H23N3O3.C19H22N2O3/c1-11-7-13-12-5-6-21(4)8-14(12)18(23)26-17(13)15(16(11)22)19-24-9-20(2,3)10-25-19;1-11-8-14-12-6-4-5-7-13(12)18(22)25-17(14)15(16(11)21)19-23-9-20(2,3)10-24-19;1-12-9-14-13-5-8-21(2)11-16(13)19(24)25-18(14)15(17(12)23)10-20-22-6-3-4-7-22;1-12-10-15-13-6-2-3-7-14(13)19(23)24-18(15)16(17(12)22)11-20-21-8-4-5-9-21/h7,19,22H,5-6,8-10H2,1-4H3;8,19,21H,4-7,9-10H2,1-3H3;9-10,23H,3-8,11H2,1-2H3;10-11,22H,2-9H2,1H3/b;;20-10+;20-11+. The summed E-state index contributed by atoms with van der Waals surface area (Å²) in [6, 6.07) is 7.66. The minimum Gasteiger partial charge on any atom is -0.507 e. The van der Waals surface area contributed by atoms with Crippen LogP contribution in [-0.2, 0) is 70.6 Å². The number of nitrogens with zero attached hydrogens (tertiary/aromatic N) is 6. The predicted octanol–water partition coefficient (Wildman–Crippen LogP) is 12.0. The van der Waals surface area contributed by atoms with Gasteiger partial charge >= 0.3 is 22.5 Å². The van der Waals surface area contributed by atoms with E-state index in [2.05, 4.69) is 47.7 Å². The highest BCUT2D eigenvalue weighted by Crippen LogP contribution is 2.45. The summed E-state index contributed by atoms with van der Waals surface area (Å²) in [5.41, 5.74) is 12.4. The van der Waals surface area contributed by atoms with Crippen LogP contribution >= 0.6 is 0 Å². The first-order valence-corrected chi connectivity index (χ1v) is 35.5. The van der Waals surface area contributed by atoms with Gasteiger partial charge in [0, 0.05) is 95.9 Å². The fourth-order valence-corrected chi connectivity index (χ4v) is 15.1. The van der Waals surface area contributed by atoms with Crippen molar-refractivity contribution in [3.63, 3.8) is 0 Å². The lowest BCUT2D eigenvalue weighted by molar-refractivity contribution is -0.226. The van der Waals surface area contributed by atoms with Crippen LogP contribution in [0.1, 0.15) is 181 Å². The van der Waals surface area contributed by atoms with E-state index in [4.69, 9.17) is 36.6 Å². The normalized spacial score (nSPS) is 19.5. The van der Waals surface area contributed by atoms with Crippen molar-refractivity contribution in [2.45, 2.75) is 171 Å². The van der Waals surface area contributed by atoms with Crippen LogP contribution in [0.4, 0.5) is 0 Å². The lowest BCUT2D eigenvalue weighted by atomic mass is 9.89. The second kappa shape index (κ2) is 28.6. The first kappa shape index (κ1) is 70.1. The Balaban J connectivity index is 0.000000120. The number of likely N-dealkylation sites (N-methyl/N-ethyl adjacent to an activating group) is 2. The lowest BCUT2D eigenvalue weighted by Crippen LogP contribution is -2.34. The largest absolute Gasteiger partial charge is 0.507 e. The second-order valence-corrected chi connectivity index (χ2v) is 30.2. The smallest absolute Gasteiger partial charge is 0.341 e. The van der Waals surface area contributed by atoms with Gasteiger partial charge < -0.3 is 66.8 Å². The van der Waals surface area contributed by atoms with Crippen LogP contribution in [0.25, 0.3) is 43.9 Å². The molecule has 10 heterocycles. The quantitative estimate of drug-likeness (QED) is 0.0889. The van der Waals surface area contributed by atoms with E-state index >= 15 is 0 Å². The summed E-state index contributed by atoms with van der Waals surface area (Å²) in [5, 5.41) is 58.9. The molecule has 4 fully saturated rings. The summed E-state index contributed by atoms with van der Waals surface area (Å²) in [6.45, 7) is 24.4. The molecule has 22 nitrogen and oxygen atoms in total. The average molecular weight is 1370 g/mol. The Hall–Kier alpha value is -8.38. The van der Waals surface area contributed by atoms with Gasteiger partial charge in [0.15, 0.2) is 34.9 Å². The molecule has 6 aliphatic heterocycles. The molecule has 0 amide bonds. The highest BCUT2D eigenvalue weighted by Gasteiger charge is 2.37. The Bertz CT molecular complexity index is 4800. The maximum Gasteiger partial charge on any atom is 0.341 e. The number of fused-ring (bicyclic) bond motifs is 12. The van der Waals surface area contributed by atoms with Gasteiger partial charge in [-0.15, -0.1) is 0 Å². The molecule has 532 valence electrons. The highest BCUT2D eigenvalue weighted by molar-refractivity contribution is 6.02. The van der Waals surface area contributed by atoms with E-state index in [1.54, 1.807) is 12.4 Å². The Kier molecular flexibility index (Phi) is 20.0. The van der Waals surface area contributed by atoms with Gasteiger partial charge in [-0.05, 0) is 200 Å². The molecule has 0 unspecified atom stereocenters. The van der Waals surface area contributed by atoms with Crippen LogP contribution in [0.3, 0.4) is 0 Å². The zero-order chi connectivity index (χ0) is 70.6. The number of phenolic OH excluding ortho intramolecular Hbond substituents is 4. The van der Waals surface area contributed by atoms with E-state index in [1.165, 1.54) is 0 Å². The molecule has 100 heavy (non-hydrogen) atoms. The van der Waals surface area contributed by atoms with Crippen molar-refractivity contribution in [3.8, 4) is 23.0 Å².